The molecule has 0 unspecified atom stereocenters. The fourth-order valence-electron chi connectivity index (χ4n) is 2.33. The summed E-state index contributed by atoms with van der Waals surface area (Å²) in [6, 6.07) is 11.0. The van der Waals surface area contributed by atoms with Crippen molar-refractivity contribution in [2.45, 2.75) is 6.42 Å². The standard InChI is InChI=1S/C19H16FN5O3S/c20-12-3-7-14(8-4-12)23-18(28)25-19-24-15(10-29-19)9-16(26)22-13-5-1-11(2-6-13)17(21)27/h1-8,10H,9H2,(H2,21,27)(H,22,26)(H2,23,24,25,28). The van der Waals surface area contributed by atoms with Gasteiger partial charge in [0, 0.05) is 22.3 Å². The first-order chi connectivity index (χ1) is 13.9. The molecule has 0 saturated carbocycles. The van der Waals surface area contributed by atoms with Crippen LogP contribution in [0.25, 0.3) is 0 Å². The maximum Gasteiger partial charge on any atom is 0.325 e. The van der Waals surface area contributed by atoms with Crippen molar-refractivity contribution >= 4 is 45.7 Å². The van der Waals surface area contributed by atoms with Crippen molar-refractivity contribution < 1.29 is 18.8 Å². The predicted octanol–water partition coefficient (Wildman–Crippen LogP) is 3.21. The zero-order valence-electron chi connectivity index (χ0n) is 14.9. The van der Waals surface area contributed by atoms with E-state index in [1.165, 1.54) is 47.7 Å². The highest BCUT2D eigenvalue weighted by molar-refractivity contribution is 7.14. The van der Waals surface area contributed by atoms with Crippen LogP contribution in [0, 0.1) is 5.82 Å². The first kappa shape index (κ1) is 20.0. The van der Waals surface area contributed by atoms with Crippen molar-refractivity contribution in [2.75, 3.05) is 16.0 Å². The van der Waals surface area contributed by atoms with Crippen molar-refractivity contribution in [1.82, 2.24) is 4.98 Å². The van der Waals surface area contributed by atoms with Crippen LogP contribution in [0.1, 0.15) is 16.1 Å². The number of aromatic nitrogens is 1. The van der Waals surface area contributed by atoms with Gasteiger partial charge in [0.05, 0.1) is 12.1 Å². The maximum atomic E-state index is 12.9. The van der Waals surface area contributed by atoms with Gasteiger partial charge in [-0.25, -0.2) is 14.2 Å². The van der Waals surface area contributed by atoms with Crippen molar-refractivity contribution in [3.63, 3.8) is 0 Å². The van der Waals surface area contributed by atoms with Crippen molar-refractivity contribution in [1.29, 1.82) is 0 Å². The summed E-state index contributed by atoms with van der Waals surface area (Å²) >= 11 is 1.17. The van der Waals surface area contributed by atoms with Gasteiger partial charge < -0.3 is 16.4 Å². The summed E-state index contributed by atoms with van der Waals surface area (Å²) in [7, 11) is 0. The summed E-state index contributed by atoms with van der Waals surface area (Å²) in [6.07, 6.45) is 0.00926. The molecule has 8 nitrogen and oxygen atoms in total. The number of carbonyl (C=O) groups excluding carboxylic acids is 3. The van der Waals surface area contributed by atoms with Crippen LogP contribution in [-0.4, -0.2) is 22.8 Å². The molecule has 0 fully saturated rings. The van der Waals surface area contributed by atoms with Gasteiger partial charge in [0.2, 0.25) is 11.8 Å². The van der Waals surface area contributed by atoms with Gasteiger partial charge >= 0.3 is 6.03 Å². The van der Waals surface area contributed by atoms with Crippen LogP contribution < -0.4 is 21.7 Å². The maximum absolute atomic E-state index is 12.9. The normalized spacial score (nSPS) is 10.2. The second kappa shape index (κ2) is 8.93. The van der Waals surface area contributed by atoms with E-state index in [1.54, 1.807) is 17.5 Å². The SMILES string of the molecule is NC(=O)c1ccc(NC(=O)Cc2csc(NC(=O)Nc3ccc(F)cc3)n2)cc1. The van der Waals surface area contributed by atoms with Gasteiger partial charge in [-0.2, -0.15) is 0 Å². The van der Waals surface area contributed by atoms with Gasteiger partial charge in [0.25, 0.3) is 0 Å². The second-order valence-electron chi connectivity index (χ2n) is 5.90. The molecule has 148 valence electrons. The van der Waals surface area contributed by atoms with Crippen molar-refractivity contribution in [2.24, 2.45) is 5.73 Å². The Kier molecular flexibility index (Phi) is 6.15. The number of nitrogens with zero attached hydrogens (tertiary/aromatic N) is 1. The lowest BCUT2D eigenvalue weighted by Gasteiger charge is -2.05. The first-order valence-corrected chi connectivity index (χ1v) is 9.25. The molecule has 0 saturated heterocycles. The molecule has 5 N–H and O–H groups in total. The Hall–Kier alpha value is -3.79. The summed E-state index contributed by atoms with van der Waals surface area (Å²) < 4.78 is 12.9. The van der Waals surface area contributed by atoms with Crippen molar-refractivity contribution in [3.8, 4) is 0 Å². The van der Waals surface area contributed by atoms with Crippen LogP contribution in [0.2, 0.25) is 0 Å². The number of primary amides is 1. The number of hydrogen-bond donors (Lipinski definition) is 4. The molecule has 29 heavy (non-hydrogen) atoms. The Balaban J connectivity index is 1.51. The van der Waals surface area contributed by atoms with Crippen LogP contribution in [0.3, 0.4) is 0 Å². The predicted molar refractivity (Wildman–Crippen MR) is 108 cm³/mol. The lowest BCUT2D eigenvalue weighted by Crippen LogP contribution is -2.19. The number of nitrogens with two attached hydrogens (primary N) is 1. The van der Waals surface area contributed by atoms with E-state index in [0.717, 1.165) is 0 Å². The summed E-state index contributed by atoms with van der Waals surface area (Å²) in [6.45, 7) is 0. The average molecular weight is 413 g/mol. The van der Waals surface area contributed by atoms with E-state index in [0.29, 0.717) is 27.8 Å². The van der Waals surface area contributed by atoms with Crippen molar-refractivity contribution in [3.05, 3.63) is 71.0 Å². The summed E-state index contributed by atoms with van der Waals surface area (Å²) in [5, 5.41) is 9.76. The van der Waals surface area contributed by atoms with Crippen LogP contribution >= 0.6 is 11.3 Å². The molecule has 0 atom stereocenters. The fraction of sp³-hybridized carbons (Fsp3) is 0.0526. The number of hydrogen-bond acceptors (Lipinski definition) is 5. The highest BCUT2D eigenvalue weighted by Crippen LogP contribution is 2.17. The minimum atomic E-state index is -0.547. The van der Waals surface area contributed by atoms with E-state index in [4.69, 9.17) is 5.73 Å². The van der Waals surface area contributed by atoms with Crippen LogP contribution in [0.4, 0.5) is 25.7 Å². The zero-order chi connectivity index (χ0) is 20.8. The van der Waals surface area contributed by atoms with Gasteiger partial charge in [0.15, 0.2) is 5.13 Å². The third kappa shape index (κ3) is 5.84. The van der Waals surface area contributed by atoms with Gasteiger partial charge in [-0.05, 0) is 48.5 Å². The molecule has 0 radical (unpaired) electrons. The highest BCUT2D eigenvalue weighted by atomic mass is 32.1. The largest absolute Gasteiger partial charge is 0.366 e. The lowest BCUT2D eigenvalue weighted by molar-refractivity contribution is -0.115. The van der Waals surface area contributed by atoms with E-state index >= 15 is 0 Å². The topological polar surface area (TPSA) is 126 Å². The molecule has 0 aliphatic heterocycles. The Morgan fingerprint density at radius 2 is 1.55 bits per heavy atom. The molecule has 3 rings (SSSR count). The monoisotopic (exact) mass is 413 g/mol. The first-order valence-electron chi connectivity index (χ1n) is 8.37. The van der Waals surface area contributed by atoms with Crippen LogP contribution in [0.15, 0.2) is 53.9 Å². The lowest BCUT2D eigenvalue weighted by atomic mass is 10.2. The minimum absolute atomic E-state index is 0.00926. The Morgan fingerprint density at radius 3 is 2.21 bits per heavy atom. The van der Waals surface area contributed by atoms with Gasteiger partial charge in [-0.1, -0.05) is 0 Å². The van der Waals surface area contributed by atoms with E-state index in [9.17, 15) is 18.8 Å². The number of nitrogens with one attached hydrogen (secondary N) is 3. The molecule has 1 heterocycles. The van der Waals surface area contributed by atoms with E-state index in [-0.39, 0.29) is 12.3 Å². The molecular formula is C19H16FN5O3S. The highest BCUT2D eigenvalue weighted by Gasteiger charge is 2.11. The molecule has 0 bridgehead atoms. The number of amides is 4. The van der Waals surface area contributed by atoms with E-state index in [2.05, 4.69) is 20.9 Å². The molecule has 0 aliphatic rings. The Labute approximate surface area is 169 Å². The summed E-state index contributed by atoms with van der Waals surface area (Å²) in [5.74, 6) is -1.25. The number of benzene rings is 2. The number of thiazole rings is 1. The number of urea groups is 1. The zero-order valence-corrected chi connectivity index (χ0v) is 15.8. The third-order valence-corrected chi connectivity index (χ3v) is 4.48. The average Bonchev–Trinajstić information content (AvgIpc) is 3.10. The van der Waals surface area contributed by atoms with Crippen LogP contribution in [-0.2, 0) is 11.2 Å². The van der Waals surface area contributed by atoms with E-state index < -0.39 is 17.8 Å². The summed E-state index contributed by atoms with van der Waals surface area (Å²) in [5.41, 5.74) is 6.95. The minimum Gasteiger partial charge on any atom is -0.366 e. The molecule has 0 aliphatic carbocycles. The molecule has 4 amide bonds. The number of carbonyl (C=O) groups is 3. The fourth-order valence-corrected chi connectivity index (χ4v) is 3.03. The molecule has 2 aromatic carbocycles. The molecular weight excluding hydrogens is 397 g/mol. The quantitative estimate of drug-likeness (QED) is 0.495. The van der Waals surface area contributed by atoms with Gasteiger partial charge in [0.1, 0.15) is 5.82 Å². The molecule has 1 aromatic heterocycles. The molecule has 3 aromatic rings. The number of rotatable bonds is 6. The van der Waals surface area contributed by atoms with Gasteiger partial charge in [-0.15, -0.1) is 11.3 Å². The Bertz CT molecular complexity index is 1030. The smallest absolute Gasteiger partial charge is 0.325 e. The van der Waals surface area contributed by atoms with Crippen LogP contribution in [0.5, 0.6) is 0 Å². The summed E-state index contributed by atoms with van der Waals surface area (Å²) in [4.78, 5) is 39.3. The third-order valence-electron chi connectivity index (χ3n) is 3.67. The molecule has 0 spiro atoms. The Morgan fingerprint density at radius 1 is 0.931 bits per heavy atom. The van der Waals surface area contributed by atoms with E-state index in [1.807, 2.05) is 0 Å². The van der Waals surface area contributed by atoms with Gasteiger partial charge in [-0.3, -0.25) is 14.9 Å². The molecule has 10 heteroatoms. The number of halogens is 1. The number of anilines is 3. The second-order valence-corrected chi connectivity index (χ2v) is 6.75.